The lowest BCUT2D eigenvalue weighted by Gasteiger charge is -2.20. The normalized spacial score (nSPS) is 16.3. The lowest BCUT2D eigenvalue weighted by Crippen LogP contribution is -2.19. The van der Waals surface area contributed by atoms with Gasteiger partial charge in [-0.1, -0.05) is 55.8 Å². The standard InChI is InChI=1S/C28H27ClN8/c1-27(2,3)16-32-26-22-12-18(10-19(13-30)25(22)33-17-34-26)11-21(20-6-4-5-7-23(20)29)24-14-37(36-35-24)28(15-31)8-9-28/h4-7,10,12,14,17,21H,8-9,11,16H2,1-3H3,(H,32,33,34)/t21-/m1/s1/i21D. The molecule has 186 valence electrons. The average Bonchev–Trinajstić information content (AvgIpc) is 3.53. The van der Waals surface area contributed by atoms with Crippen LogP contribution in [0, 0.1) is 28.1 Å². The van der Waals surface area contributed by atoms with E-state index in [2.05, 4.69) is 58.5 Å². The molecule has 1 fully saturated rings. The van der Waals surface area contributed by atoms with Crippen LogP contribution in [0.15, 0.2) is 48.9 Å². The van der Waals surface area contributed by atoms with Crippen molar-refractivity contribution in [2.45, 2.75) is 51.5 Å². The van der Waals surface area contributed by atoms with Crippen molar-refractivity contribution in [2.24, 2.45) is 5.41 Å². The number of benzene rings is 2. The Kier molecular flexibility index (Phi) is 5.98. The summed E-state index contributed by atoms with van der Waals surface area (Å²) in [5.41, 5.74) is 1.92. The number of nitrogens with one attached hydrogen (secondary N) is 1. The monoisotopic (exact) mass is 511 g/mol. The van der Waals surface area contributed by atoms with E-state index in [0.29, 0.717) is 58.0 Å². The molecule has 0 radical (unpaired) electrons. The minimum atomic E-state index is -1.43. The maximum atomic E-state index is 9.96. The van der Waals surface area contributed by atoms with Crippen LogP contribution in [0.4, 0.5) is 5.82 Å². The summed E-state index contributed by atoms with van der Waals surface area (Å²) in [5, 5.41) is 32.7. The predicted octanol–water partition coefficient (Wildman–Crippen LogP) is 5.59. The average molecular weight is 512 g/mol. The molecular weight excluding hydrogens is 484 g/mol. The smallest absolute Gasteiger partial charge is 0.150 e. The molecule has 2 aromatic heterocycles. The van der Waals surface area contributed by atoms with Crippen molar-refractivity contribution < 1.29 is 1.37 Å². The molecule has 37 heavy (non-hydrogen) atoms. The second-order valence-corrected chi connectivity index (χ2v) is 11.0. The van der Waals surface area contributed by atoms with Crippen LogP contribution >= 0.6 is 11.6 Å². The fourth-order valence-corrected chi connectivity index (χ4v) is 4.51. The number of nitrogens with zero attached hydrogens (tertiary/aromatic N) is 7. The van der Waals surface area contributed by atoms with Crippen molar-refractivity contribution in [3.05, 3.63) is 76.3 Å². The molecule has 1 aliphatic rings. The minimum absolute atomic E-state index is 0.0154. The predicted molar refractivity (Wildman–Crippen MR) is 142 cm³/mol. The molecular formula is C28H27ClN8. The van der Waals surface area contributed by atoms with Gasteiger partial charge in [-0.25, -0.2) is 14.6 Å². The topological polar surface area (TPSA) is 116 Å². The van der Waals surface area contributed by atoms with E-state index in [1.807, 2.05) is 18.2 Å². The summed E-state index contributed by atoms with van der Waals surface area (Å²) in [4.78, 5) is 8.82. The summed E-state index contributed by atoms with van der Waals surface area (Å²) in [6, 6.07) is 15.4. The fraction of sp³-hybridized carbons (Fsp3) is 0.357. The van der Waals surface area contributed by atoms with Crippen LogP contribution in [0.3, 0.4) is 0 Å². The first-order chi connectivity index (χ1) is 18.1. The molecule has 1 saturated carbocycles. The summed E-state index contributed by atoms with van der Waals surface area (Å²) in [5.74, 6) is -0.802. The van der Waals surface area contributed by atoms with Crippen LogP contribution in [0.2, 0.25) is 5.02 Å². The molecule has 2 aromatic carbocycles. The Labute approximate surface area is 222 Å². The molecule has 1 atom stereocenters. The van der Waals surface area contributed by atoms with Gasteiger partial charge < -0.3 is 5.32 Å². The molecule has 9 heteroatoms. The van der Waals surface area contributed by atoms with Crippen molar-refractivity contribution >= 4 is 28.3 Å². The van der Waals surface area contributed by atoms with Crippen molar-refractivity contribution in [1.82, 2.24) is 25.0 Å². The molecule has 0 aliphatic heterocycles. The van der Waals surface area contributed by atoms with Gasteiger partial charge >= 0.3 is 0 Å². The number of rotatable bonds is 7. The highest BCUT2D eigenvalue weighted by Crippen LogP contribution is 2.43. The lowest BCUT2D eigenvalue weighted by atomic mass is 9.88. The van der Waals surface area contributed by atoms with Crippen molar-refractivity contribution in [1.29, 1.82) is 10.5 Å². The Morgan fingerprint density at radius 2 is 2.00 bits per heavy atom. The van der Waals surface area contributed by atoms with Gasteiger partial charge in [0.1, 0.15) is 18.2 Å². The molecule has 5 rings (SSSR count). The maximum Gasteiger partial charge on any atom is 0.150 e. The summed E-state index contributed by atoms with van der Waals surface area (Å²) in [7, 11) is 0. The fourth-order valence-electron chi connectivity index (χ4n) is 4.26. The van der Waals surface area contributed by atoms with Gasteiger partial charge in [0.05, 0.1) is 29.0 Å². The summed E-state index contributed by atoms with van der Waals surface area (Å²) >= 11 is 6.61. The van der Waals surface area contributed by atoms with Crippen LogP contribution in [0.1, 0.15) is 63.3 Å². The highest BCUT2D eigenvalue weighted by molar-refractivity contribution is 6.31. The second-order valence-electron chi connectivity index (χ2n) is 10.6. The van der Waals surface area contributed by atoms with E-state index in [4.69, 9.17) is 11.6 Å². The Morgan fingerprint density at radius 3 is 2.68 bits per heavy atom. The lowest BCUT2D eigenvalue weighted by molar-refractivity contribution is 0.442. The number of nitriles is 2. The number of fused-ring (bicyclic) bond motifs is 1. The van der Waals surface area contributed by atoms with Crippen LogP contribution in [0.25, 0.3) is 10.9 Å². The third-order valence-electron chi connectivity index (χ3n) is 6.46. The third-order valence-corrected chi connectivity index (χ3v) is 6.79. The largest absolute Gasteiger partial charge is 0.369 e. The highest BCUT2D eigenvalue weighted by atomic mass is 35.5. The molecule has 0 bridgehead atoms. The molecule has 8 nitrogen and oxygen atoms in total. The Hall–Kier alpha value is -4.01. The van der Waals surface area contributed by atoms with E-state index in [1.54, 1.807) is 29.1 Å². The van der Waals surface area contributed by atoms with E-state index in [0.717, 1.165) is 5.56 Å². The Bertz CT molecular complexity index is 1610. The van der Waals surface area contributed by atoms with E-state index in [9.17, 15) is 11.9 Å². The van der Waals surface area contributed by atoms with Gasteiger partial charge in [0, 0.05) is 24.2 Å². The van der Waals surface area contributed by atoms with Gasteiger partial charge in [-0.05, 0) is 54.0 Å². The summed E-state index contributed by atoms with van der Waals surface area (Å²) in [6.45, 7) is 7.05. The van der Waals surface area contributed by atoms with E-state index < -0.39 is 11.4 Å². The first-order valence-electron chi connectivity index (χ1n) is 12.6. The highest BCUT2D eigenvalue weighted by Gasteiger charge is 2.46. The zero-order chi connectivity index (χ0) is 27.1. The van der Waals surface area contributed by atoms with Gasteiger partial charge in [-0.2, -0.15) is 10.5 Å². The van der Waals surface area contributed by atoms with E-state index in [1.165, 1.54) is 6.33 Å². The molecule has 0 amide bonds. The van der Waals surface area contributed by atoms with Crippen LogP contribution < -0.4 is 5.32 Å². The van der Waals surface area contributed by atoms with Crippen molar-refractivity contribution in [3.63, 3.8) is 0 Å². The number of anilines is 1. The molecule has 4 aromatic rings. The number of aromatic nitrogens is 5. The summed E-state index contributed by atoms with van der Waals surface area (Å²) in [6.07, 6.45) is 4.69. The first-order valence-corrected chi connectivity index (χ1v) is 12.5. The van der Waals surface area contributed by atoms with E-state index in [-0.39, 0.29) is 11.8 Å². The van der Waals surface area contributed by atoms with Gasteiger partial charge in [0.15, 0.2) is 5.54 Å². The van der Waals surface area contributed by atoms with Crippen LogP contribution in [0.5, 0.6) is 0 Å². The SMILES string of the molecule is [2H][C@](Cc1cc(C#N)c2ncnc(NCC(C)(C)C)c2c1)(c1cn(C2(C#N)CC2)nn1)c1ccccc1Cl. The van der Waals surface area contributed by atoms with Crippen LogP contribution in [-0.4, -0.2) is 31.5 Å². The number of hydrogen-bond acceptors (Lipinski definition) is 7. The molecule has 1 N–H and O–H groups in total. The zero-order valence-electron chi connectivity index (χ0n) is 22.0. The van der Waals surface area contributed by atoms with Crippen LogP contribution in [-0.2, 0) is 12.0 Å². The first kappa shape index (κ1) is 23.4. The molecule has 0 saturated heterocycles. The minimum Gasteiger partial charge on any atom is -0.369 e. The Morgan fingerprint density at radius 1 is 1.22 bits per heavy atom. The molecule has 2 heterocycles. The Balaban J connectivity index is 1.63. The molecule has 0 spiro atoms. The molecule has 1 aliphatic carbocycles. The second kappa shape index (κ2) is 9.46. The maximum absolute atomic E-state index is 9.96. The van der Waals surface area contributed by atoms with Gasteiger partial charge in [0.25, 0.3) is 0 Å². The van der Waals surface area contributed by atoms with E-state index >= 15 is 0 Å². The number of hydrogen-bond donors (Lipinski definition) is 1. The zero-order valence-corrected chi connectivity index (χ0v) is 21.7. The van der Waals surface area contributed by atoms with Crippen molar-refractivity contribution in [3.8, 4) is 12.1 Å². The third kappa shape index (κ3) is 4.98. The summed E-state index contributed by atoms with van der Waals surface area (Å²) < 4.78 is 11.3. The quantitative estimate of drug-likeness (QED) is 0.343. The molecule has 0 unspecified atom stereocenters. The van der Waals surface area contributed by atoms with Gasteiger partial charge in [-0.3, -0.25) is 0 Å². The van der Waals surface area contributed by atoms with Gasteiger partial charge in [0.2, 0.25) is 0 Å². The number of halogens is 1. The van der Waals surface area contributed by atoms with Gasteiger partial charge in [-0.15, -0.1) is 5.10 Å². The van der Waals surface area contributed by atoms with Crippen molar-refractivity contribution in [2.75, 3.05) is 11.9 Å².